The number of carboxylic acids is 1. The zero-order chi connectivity index (χ0) is 76.0. The van der Waals surface area contributed by atoms with E-state index in [9.17, 15) is 41.7 Å². The lowest BCUT2D eigenvalue weighted by Gasteiger charge is -2.03. The minimum Gasteiger partial charge on any atom is -0.476 e. The molecule has 0 aliphatic heterocycles. The molecule has 3 saturated carbocycles. The van der Waals surface area contributed by atoms with E-state index in [0.29, 0.717) is 75.0 Å². The summed E-state index contributed by atoms with van der Waals surface area (Å²) >= 11 is 37.5. The molecule has 3 fully saturated rings. The highest BCUT2D eigenvalue weighted by molar-refractivity contribution is 8.24. The van der Waals surface area contributed by atoms with E-state index in [1.807, 2.05) is 30.3 Å². The molecule has 3 aliphatic carbocycles. The zero-order valence-corrected chi connectivity index (χ0v) is 62.7. The molecule has 7 N–H and O–H groups in total. The Balaban J connectivity index is 0.000000131. The van der Waals surface area contributed by atoms with Crippen LogP contribution in [0.4, 0.5) is 13.2 Å². The molecule has 15 aromatic rings. The number of hydrogen-bond donors (Lipinski definition) is 6. The van der Waals surface area contributed by atoms with Crippen LogP contribution < -0.4 is 27.5 Å². The number of nitrogens with one attached hydrogen (secondary N) is 4. The van der Waals surface area contributed by atoms with Gasteiger partial charge in [0.25, 0.3) is 22.9 Å². The third kappa shape index (κ3) is 17.9. The van der Waals surface area contributed by atoms with Crippen molar-refractivity contribution >= 4 is 149 Å². The number of fused-ring (bicyclic) bond motifs is 6. The number of aromatic carboxylic acids is 1. The molecule has 2 amide bonds. The number of amides is 2. The van der Waals surface area contributed by atoms with Crippen LogP contribution in [0.25, 0.3) is 33.4 Å². The van der Waals surface area contributed by atoms with Crippen LogP contribution in [-0.2, 0) is 43.8 Å². The van der Waals surface area contributed by atoms with Gasteiger partial charge in [-0.25, -0.2) is 70.5 Å². The molecule has 0 aromatic carbocycles. The Morgan fingerprint density at radius 1 is 0.569 bits per heavy atom. The van der Waals surface area contributed by atoms with Crippen LogP contribution in [0.15, 0.2) is 126 Å². The molecular weight excluding hydrogens is 1620 g/mol. The lowest BCUT2D eigenvalue weighted by molar-refractivity contribution is 0.0689. The number of aromatic amines is 2. The maximum atomic E-state index is 14.4. The number of halogens is 11. The number of rotatable bonds is 17. The van der Waals surface area contributed by atoms with Gasteiger partial charge in [-0.1, -0.05) is 62.0 Å². The summed E-state index contributed by atoms with van der Waals surface area (Å²) < 4.78 is 65.0. The topological polar surface area (TPSA) is 400 Å². The summed E-state index contributed by atoms with van der Waals surface area (Å²) in [5.41, 5.74) is 13.2. The summed E-state index contributed by atoms with van der Waals surface area (Å²) in [4.78, 5) is 81.6. The summed E-state index contributed by atoms with van der Waals surface area (Å²) in [6.45, 7) is 0.903. The standard InChI is InChI=1S/C21H16Cl2FN9O.C21H17ClFN9O2.C14H13N5O3.C8H7ClFN3.Cl3OP.ClH/c22-13-3-4-31-10-26-14(20(31)19(13)24)7-25-21(34)15-8-32(30-28-15)9-17-27-18-6-12(11-1-2-11)5-16(23)33(18)29-17;22-13-3-4-30-10-25-14(20(30)19(13)23)7-24-21(34)15-8-31(29-27-15)9-16-26-17-5-12(11-1-2-11)6-18(33)32(17)28-16;20-13-4-9(8-1-2-8)3-11-5-10(16-19(11)13)6-18-7-12(14(21)22)15-17-18;9-5-1-2-13-4-12-6(3-11)8(13)7(5)10;1-5(2,3)4;/h3-6,8,10-11H,1-2,7,9H2,(H,25,34);3-6,8,10-11H,1-2,7,9H2,(H,24,34)(H,26,28);3-5,7-8,16H,1-2,6H2,(H,21,22);1-2,4H,3,11H2;;1H. The van der Waals surface area contributed by atoms with Crippen molar-refractivity contribution in [2.24, 2.45) is 5.73 Å². The number of hydrogen-bond acceptors (Lipinski definition) is 19. The Morgan fingerprint density at radius 3 is 1.50 bits per heavy atom. The van der Waals surface area contributed by atoms with Gasteiger partial charge in [-0.3, -0.25) is 33.9 Å². The molecule has 0 unspecified atom stereocenters. The average molecular weight is 1670 g/mol. The summed E-state index contributed by atoms with van der Waals surface area (Å²) in [7, 11) is 0. The van der Waals surface area contributed by atoms with Gasteiger partial charge in [-0.15, -0.1) is 32.8 Å². The van der Waals surface area contributed by atoms with E-state index >= 15 is 0 Å². The van der Waals surface area contributed by atoms with E-state index < -0.39 is 40.4 Å². The number of aromatic nitrogens is 23. The predicted octanol–water partition coefficient (Wildman–Crippen LogP) is 10.8. The van der Waals surface area contributed by atoms with Gasteiger partial charge in [-0.05, 0) is 155 Å². The molecule has 0 atom stereocenters. The van der Waals surface area contributed by atoms with Gasteiger partial charge < -0.3 is 34.7 Å². The first-order valence-corrected chi connectivity index (χ1v) is 38.4. The van der Waals surface area contributed by atoms with Crippen LogP contribution in [0.1, 0.15) is 139 Å². The first-order chi connectivity index (χ1) is 51.7. The minimum atomic E-state index is -3.22. The van der Waals surface area contributed by atoms with E-state index in [2.05, 4.69) is 116 Å². The number of carbonyl (C=O) groups excluding carboxylic acids is 2. The average Bonchev–Trinajstić information content (AvgIpc) is 1.65. The lowest BCUT2D eigenvalue weighted by Crippen LogP contribution is -2.23. The molecule has 33 nitrogen and oxygen atoms in total. The van der Waals surface area contributed by atoms with Crippen molar-refractivity contribution < 1.29 is 37.2 Å². The summed E-state index contributed by atoms with van der Waals surface area (Å²) in [5, 5.41) is 45.0. The van der Waals surface area contributed by atoms with Crippen molar-refractivity contribution in [3.63, 3.8) is 0 Å². The predicted molar refractivity (Wildman–Crippen MR) is 395 cm³/mol. The minimum absolute atomic E-state index is 0. The largest absolute Gasteiger partial charge is 0.476 e. The van der Waals surface area contributed by atoms with E-state index in [4.69, 9.17) is 57.2 Å². The normalized spacial score (nSPS) is 13.3. The van der Waals surface area contributed by atoms with Crippen LogP contribution in [-0.4, -0.2) is 135 Å². The van der Waals surface area contributed by atoms with Crippen LogP contribution in [0.5, 0.6) is 0 Å². The second-order valence-electron chi connectivity index (χ2n) is 24.8. The fourth-order valence-electron chi connectivity index (χ4n) is 11.5. The van der Waals surface area contributed by atoms with Gasteiger partial charge >= 0.3 is 11.2 Å². The van der Waals surface area contributed by atoms with E-state index in [0.717, 1.165) is 60.9 Å². The number of imidazole rings is 3. The van der Waals surface area contributed by atoms with Crippen molar-refractivity contribution in [1.82, 2.24) is 123 Å². The highest BCUT2D eigenvalue weighted by Gasteiger charge is 2.28. The Kier molecular flexibility index (Phi) is 22.7. The van der Waals surface area contributed by atoms with E-state index in [1.54, 1.807) is 39.6 Å². The number of H-pyrrole nitrogens is 2. The fraction of sp³-hybridized carbons (Fsp3) is 0.234. The van der Waals surface area contributed by atoms with Crippen LogP contribution in [0, 0.1) is 17.5 Å². The quantitative estimate of drug-likeness (QED) is 0.0364. The first-order valence-electron chi connectivity index (χ1n) is 32.4. The molecule has 15 heterocycles. The number of pyridine rings is 6. The Labute approximate surface area is 649 Å². The number of carbonyl (C=O) groups is 3. The van der Waals surface area contributed by atoms with Crippen molar-refractivity contribution in [3.8, 4) is 0 Å². The van der Waals surface area contributed by atoms with Gasteiger partial charge in [-0.2, -0.15) is 0 Å². The van der Waals surface area contributed by atoms with Crippen LogP contribution in [0.3, 0.4) is 0 Å². The van der Waals surface area contributed by atoms with Crippen molar-refractivity contribution in [1.29, 1.82) is 0 Å². The van der Waals surface area contributed by atoms with Gasteiger partial charge in [0.1, 0.15) is 40.6 Å². The van der Waals surface area contributed by atoms with Gasteiger partial charge in [0.2, 0.25) is 0 Å². The second-order valence-corrected chi connectivity index (χ2v) is 33.1. The molecule has 0 radical (unpaired) electrons. The number of nitrogens with zero attached hydrogens (tertiary/aromatic N) is 21. The third-order valence-corrected chi connectivity index (χ3v) is 18.2. The molecular formula is C64H54Cl8F3N26O7P. The lowest BCUT2D eigenvalue weighted by atomic mass is 10.1. The number of carboxylic acid groups (broad SMARTS) is 1. The van der Waals surface area contributed by atoms with Crippen molar-refractivity contribution in [2.75, 3.05) is 0 Å². The molecule has 0 spiro atoms. The Morgan fingerprint density at radius 2 is 1.01 bits per heavy atom. The molecule has 109 heavy (non-hydrogen) atoms. The SMILES string of the molecule is Cl.NCc1ncn2ccc(Cl)c(F)c12.O=C(NCc1ncn2ccc(Cl)c(F)c12)c1cn(Cc2nc3cc(C4CC4)cc(=O)n3[nH]2)nn1.O=C(NCc1ncn2ccc(Cl)c(F)c12)c1cn(Cc2nc3cc(C4CC4)cc(Cl)n3n2)nn1.O=C(O)c1cn(Cc2cc3cc(C4CC4)cc(=O)n3[nH]2)nn1.O=P(Cl)(Cl)Cl. The molecule has 18 rings (SSSR count). The highest BCUT2D eigenvalue weighted by Crippen LogP contribution is 2.61. The molecule has 3 aliphatic rings. The Bertz CT molecular complexity index is 6160. The molecule has 45 heteroatoms. The second kappa shape index (κ2) is 32.1. The Hall–Kier alpha value is -10.3. The maximum Gasteiger partial charge on any atom is 0.358 e. The van der Waals surface area contributed by atoms with Gasteiger partial charge in [0, 0.05) is 37.3 Å². The summed E-state index contributed by atoms with van der Waals surface area (Å²) in [6, 6.07) is 17.4. The maximum absolute atomic E-state index is 14.4. The van der Waals surface area contributed by atoms with Crippen molar-refractivity contribution in [3.05, 3.63) is 243 Å². The molecule has 0 bridgehead atoms. The first kappa shape index (κ1) is 76.9. The molecule has 564 valence electrons. The van der Waals surface area contributed by atoms with Gasteiger partial charge in [0.05, 0.1) is 101 Å². The monoisotopic (exact) mass is 1670 g/mol. The fourth-order valence-corrected chi connectivity index (χ4v) is 12.2. The smallest absolute Gasteiger partial charge is 0.358 e. The van der Waals surface area contributed by atoms with E-state index in [-0.39, 0.29) is 99.4 Å². The summed E-state index contributed by atoms with van der Waals surface area (Å²) in [5.74, 6) is -1.26. The number of nitrogens with two attached hydrogens (primary N) is 1. The van der Waals surface area contributed by atoms with Crippen molar-refractivity contribution in [2.45, 2.75) is 95.5 Å². The summed E-state index contributed by atoms with van der Waals surface area (Å²) in [6.07, 6.45) is 20.3. The van der Waals surface area contributed by atoms with Gasteiger partial charge in [0.15, 0.2) is 51.7 Å². The molecule has 0 saturated heterocycles. The third-order valence-electron chi connectivity index (χ3n) is 17.1. The van der Waals surface area contributed by atoms with E-state index in [1.165, 1.54) is 93.2 Å². The van der Waals surface area contributed by atoms with Crippen LogP contribution in [0.2, 0.25) is 20.2 Å². The van der Waals surface area contributed by atoms with Crippen LogP contribution >= 0.6 is 97.7 Å². The molecule has 15 aromatic heterocycles. The highest BCUT2D eigenvalue weighted by atomic mass is 36.0. The zero-order valence-electron chi connectivity index (χ0n) is 55.7.